The molecule has 0 aliphatic heterocycles. The van der Waals surface area contributed by atoms with Crippen LogP contribution >= 0.6 is 34.8 Å². The lowest BCUT2D eigenvalue weighted by Crippen LogP contribution is -2.29. The Balaban J connectivity index is 2.37. The van der Waals surface area contributed by atoms with Crippen LogP contribution in [0, 0.1) is 0 Å². The number of halogens is 3. The summed E-state index contributed by atoms with van der Waals surface area (Å²) in [7, 11) is -1.67. The lowest BCUT2D eigenvalue weighted by atomic mass is 9.80. The molecular weight excluding hydrogens is 349 g/mol. The number of hydrogen-bond donors (Lipinski definition) is 2. The molecule has 5 nitrogen and oxygen atoms in total. The molecule has 2 N–H and O–H groups in total. The summed E-state index contributed by atoms with van der Waals surface area (Å²) in [6, 6.07) is 4.35. The van der Waals surface area contributed by atoms with E-state index in [1.165, 1.54) is 12.1 Å². The average Bonchev–Trinajstić information content (AvgIpc) is 2.43. The van der Waals surface area contributed by atoms with Crippen molar-refractivity contribution >= 4 is 47.4 Å². The average molecular weight is 361 g/mol. The summed E-state index contributed by atoms with van der Waals surface area (Å²) in [5.41, 5.74) is 0.939. The Morgan fingerprint density at radius 1 is 1.05 bits per heavy atom. The second-order valence-electron chi connectivity index (χ2n) is 4.87. The minimum Gasteiger partial charge on any atom is -0.434 e. The Hall–Kier alpha value is -1.05. The zero-order valence-corrected chi connectivity index (χ0v) is 14.0. The highest BCUT2D eigenvalue weighted by molar-refractivity contribution is 6.59. The van der Waals surface area contributed by atoms with Crippen LogP contribution in [0.1, 0.15) is 25.3 Å². The van der Waals surface area contributed by atoms with Crippen LogP contribution in [0.2, 0.25) is 15.2 Å². The molecule has 0 spiro atoms. The second kappa shape index (κ2) is 7.02. The summed E-state index contributed by atoms with van der Waals surface area (Å²) in [5.74, 6) is 0.483. The van der Waals surface area contributed by atoms with Crippen molar-refractivity contribution < 1.29 is 14.8 Å². The first-order valence-corrected chi connectivity index (χ1v) is 7.49. The lowest BCUT2D eigenvalue weighted by molar-refractivity contribution is 0.425. The molecule has 0 unspecified atom stereocenters. The van der Waals surface area contributed by atoms with E-state index in [4.69, 9.17) is 49.6 Å². The largest absolute Gasteiger partial charge is 0.488 e. The van der Waals surface area contributed by atoms with Crippen LogP contribution in [0.4, 0.5) is 0 Å². The number of benzene rings is 1. The zero-order valence-electron chi connectivity index (χ0n) is 11.7. The molecule has 1 aromatic carbocycles. The molecule has 2 aromatic rings. The summed E-state index contributed by atoms with van der Waals surface area (Å²) in [6.45, 7) is 3.92. The smallest absolute Gasteiger partial charge is 0.434 e. The van der Waals surface area contributed by atoms with Gasteiger partial charge < -0.3 is 14.8 Å². The molecule has 1 aromatic heterocycles. The number of nitrogens with zero attached hydrogens (tertiary/aromatic N) is 2. The molecule has 1 heterocycles. The maximum atomic E-state index is 9.14. The first kappa shape index (κ1) is 17.3. The summed E-state index contributed by atoms with van der Waals surface area (Å²) >= 11 is 18.1. The predicted molar refractivity (Wildman–Crippen MR) is 87.5 cm³/mol. The maximum absolute atomic E-state index is 9.14. The van der Waals surface area contributed by atoms with Crippen molar-refractivity contribution in [2.24, 2.45) is 0 Å². The van der Waals surface area contributed by atoms with Crippen LogP contribution in [0.5, 0.6) is 11.6 Å². The SMILES string of the molecule is CC(C)c1cc(Oc2c(Cl)cc(B(O)O)cc2Cl)nnc1Cl. The van der Waals surface area contributed by atoms with E-state index >= 15 is 0 Å². The molecule has 22 heavy (non-hydrogen) atoms. The molecule has 0 aliphatic carbocycles. The zero-order chi connectivity index (χ0) is 16.4. The highest BCUT2D eigenvalue weighted by atomic mass is 35.5. The number of ether oxygens (including phenoxy) is 1. The van der Waals surface area contributed by atoms with E-state index in [0.29, 0.717) is 5.15 Å². The van der Waals surface area contributed by atoms with E-state index in [2.05, 4.69) is 10.2 Å². The highest BCUT2D eigenvalue weighted by Gasteiger charge is 2.18. The molecule has 9 heteroatoms. The lowest BCUT2D eigenvalue weighted by Gasteiger charge is -2.12. The van der Waals surface area contributed by atoms with E-state index in [-0.39, 0.29) is 33.1 Å². The third-order valence-corrected chi connectivity index (χ3v) is 3.76. The molecular formula is C13H12BCl3N2O3. The predicted octanol–water partition coefficient (Wildman–Crippen LogP) is 3.03. The van der Waals surface area contributed by atoms with Gasteiger partial charge in [0.1, 0.15) is 0 Å². The molecule has 0 bridgehead atoms. The molecule has 0 radical (unpaired) electrons. The minimum atomic E-state index is -1.67. The minimum absolute atomic E-state index is 0.124. The fourth-order valence-corrected chi connectivity index (χ4v) is 2.65. The van der Waals surface area contributed by atoms with E-state index in [1.54, 1.807) is 6.07 Å². The van der Waals surface area contributed by atoms with Crippen molar-refractivity contribution in [3.05, 3.63) is 39.0 Å². The van der Waals surface area contributed by atoms with Gasteiger partial charge in [0.05, 0.1) is 10.0 Å². The third-order valence-electron chi connectivity index (χ3n) is 2.90. The Morgan fingerprint density at radius 3 is 2.14 bits per heavy atom. The number of hydrogen-bond acceptors (Lipinski definition) is 5. The van der Waals surface area contributed by atoms with Gasteiger partial charge in [0.2, 0.25) is 5.88 Å². The molecule has 0 saturated heterocycles. The van der Waals surface area contributed by atoms with Gasteiger partial charge >= 0.3 is 7.12 Å². The van der Waals surface area contributed by atoms with E-state index in [1.807, 2.05) is 13.8 Å². The van der Waals surface area contributed by atoms with Crippen LogP contribution in [-0.2, 0) is 0 Å². The van der Waals surface area contributed by atoms with Gasteiger partial charge in [-0.05, 0) is 29.1 Å². The molecule has 2 rings (SSSR count). The number of aromatic nitrogens is 2. The first-order chi connectivity index (χ1) is 10.3. The molecule has 0 atom stereocenters. The van der Waals surface area contributed by atoms with Crippen molar-refractivity contribution in [1.29, 1.82) is 0 Å². The first-order valence-electron chi connectivity index (χ1n) is 6.35. The van der Waals surface area contributed by atoms with Crippen LogP contribution in [0.3, 0.4) is 0 Å². The van der Waals surface area contributed by atoms with Gasteiger partial charge in [-0.15, -0.1) is 10.2 Å². The molecule has 116 valence electrons. The molecule has 0 fully saturated rings. The van der Waals surface area contributed by atoms with Gasteiger partial charge in [0, 0.05) is 6.07 Å². The standard InChI is InChI=1S/C13H12BCl3N2O3/c1-6(2)8-5-11(18-19-13(8)17)22-12-9(15)3-7(14(20)21)4-10(12)16/h3-6,20-21H,1-2H3. The van der Waals surface area contributed by atoms with Crippen molar-refractivity contribution in [2.75, 3.05) is 0 Å². The van der Waals surface area contributed by atoms with Crippen molar-refractivity contribution in [1.82, 2.24) is 10.2 Å². The Kier molecular flexibility index (Phi) is 5.52. The second-order valence-corrected chi connectivity index (χ2v) is 6.05. The van der Waals surface area contributed by atoms with Crippen LogP contribution in [0.15, 0.2) is 18.2 Å². The van der Waals surface area contributed by atoms with Crippen molar-refractivity contribution in [3.8, 4) is 11.6 Å². The normalized spacial score (nSPS) is 10.9. The monoisotopic (exact) mass is 360 g/mol. The summed E-state index contributed by atoms with van der Waals surface area (Å²) in [6.07, 6.45) is 0. The van der Waals surface area contributed by atoms with Crippen LogP contribution < -0.4 is 10.2 Å². The van der Waals surface area contributed by atoms with Gasteiger partial charge in [0.15, 0.2) is 10.9 Å². The Labute approximate surface area is 142 Å². The van der Waals surface area contributed by atoms with Gasteiger partial charge in [-0.1, -0.05) is 48.7 Å². The van der Waals surface area contributed by atoms with Gasteiger partial charge in [-0.25, -0.2) is 0 Å². The highest BCUT2D eigenvalue weighted by Crippen LogP contribution is 2.36. The van der Waals surface area contributed by atoms with E-state index in [0.717, 1.165) is 5.56 Å². The van der Waals surface area contributed by atoms with E-state index in [9.17, 15) is 0 Å². The van der Waals surface area contributed by atoms with Gasteiger partial charge in [0.25, 0.3) is 0 Å². The van der Waals surface area contributed by atoms with Gasteiger partial charge in [-0.3, -0.25) is 0 Å². The molecule has 0 amide bonds. The topological polar surface area (TPSA) is 75.5 Å². The Morgan fingerprint density at radius 2 is 1.64 bits per heavy atom. The molecule has 0 saturated carbocycles. The summed E-state index contributed by atoms with van der Waals surface area (Å²) in [4.78, 5) is 0. The van der Waals surface area contributed by atoms with Gasteiger partial charge in [-0.2, -0.15) is 0 Å². The fourth-order valence-electron chi connectivity index (χ4n) is 1.76. The van der Waals surface area contributed by atoms with Crippen molar-refractivity contribution in [2.45, 2.75) is 19.8 Å². The summed E-state index contributed by atoms with van der Waals surface area (Å²) in [5, 5.41) is 26.5. The maximum Gasteiger partial charge on any atom is 0.488 e. The fraction of sp³-hybridized carbons (Fsp3) is 0.231. The third kappa shape index (κ3) is 3.83. The Bertz CT molecular complexity index is 675. The quantitative estimate of drug-likeness (QED) is 0.819. The van der Waals surface area contributed by atoms with Crippen molar-refractivity contribution in [3.63, 3.8) is 0 Å². The van der Waals surface area contributed by atoms with Crippen LogP contribution in [0.25, 0.3) is 0 Å². The number of rotatable bonds is 4. The summed E-state index contributed by atoms with van der Waals surface area (Å²) < 4.78 is 5.56. The van der Waals surface area contributed by atoms with E-state index < -0.39 is 7.12 Å². The molecule has 0 aliphatic rings. The van der Waals surface area contributed by atoms with Crippen LogP contribution in [-0.4, -0.2) is 27.4 Å².